The molecule has 1 saturated carbocycles. The minimum atomic E-state index is -4.61. The van der Waals surface area contributed by atoms with Crippen LogP contribution in [-0.2, 0) is 6.18 Å². The van der Waals surface area contributed by atoms with Crippen molar-refractivity contribution in [2.45, 2.75) is 78.6 Å². The lowest BCUT2D eigenvalue weighted by Crippen LogP contribution is -2.41. The molecule has 0 bridgehead atoms. The van der Waals surface area contributed by atoms with Gasteiger partial charge in [0.25, 0.3) is 5.91 Å². The fourth-order valence-corrected chi connectivity index (χ4v) is 4.11. The summed E-state index contributed by atoms with van der Waals surface area (Å²) in [5.41, 5.74) is 0.860. The minimum Gasteiger partial charge on any atom is -0.382 e. The standard InChI is InChI=1S/C24H23F4N3O.2C2H6/c1-14-5-7-15(8-6-14)23(32)30-18-4-2-3-17(12-18)29-21-13-22(24(26,27)28)31-20-10-9-16(25)11-19(20)21;2*1-2/h5-11,13,17-18H,2-4,12H2,1H3,(H,29,31)(H,30,32);2*1-2H3. The normalized spacial score (nSPS) is 17.2. The predicted octanol–water partition coefficient (Wildman–Crippen LogP) is 7.91. The summed E-state index contributed by atoms with van der Waals surface area (Å²) in [7, 11) is 0. The number of pyridine rings is 1. The molecular formula is C28H35F4N3O. The monoisotopic (exact) mass is 505 g/mol. The van der Waals surface area contributed by atoms with Crippen molar-refractivity contribution in [2.75, 3.05) is 5.32 Å². The van der Waals surface area contributed by atoms with Crippen LogP contribution in [0, 0.1) is 12.7 Å². The molecule has 2 aromatic carbocycles. The maximum Gasteiger partial charge on any atom is 0.433 e. The number of amides is 1. The highest BCUT2D eigenvalue weighted by Crippen LogP contribution is 2.34. The van der Waals surface area contributed by atoms with Gasteiger partial charge in [-0.15, -0.1) is 0 Å². The molecule has 1 heterocycles. The number of carbonyl (C=O) groups is 1. The summed E-state index contributed by atoms with van der Waals surface area (Å²) in [5, 5.41) is 6.47. The summed E-state index contributed by atoms with van der Waals surface area (Å²) < 4.78 is 53.8. The van der Waals surface area contributed by atoms with Crippen LogP contribution in [0.1, 0.15) is 75.0 Å². The van der Waals surface area contributed by atoms with Crippen LogP contribution in [0.5, 0.6) is 0 Å². The number of fused-ring (bicyclic) bond motifs is 1. The molecule has 1 amide bonds. The van der Waals surface area contributed by atoms with Crippen LogP contribution in [0.3, 0.4) is 0 Å². The Morgan fingerprint density at radius 1 is 0.944 bits per heavy atom. The van der Waals surface area contributed by atoms with Crippen LogP contribution >= 0.6 is 0 Å². The van der Waals surface area contributed by atoms with E-state index >= 15 is 0 Å². The second kappa shape index (κ2) is 13.2. The molecule has 2 atom stereocenters. The molecule has 196 valence electrons. The number of aromatic nitrogens is 1. The Kier molecular flexibility index (Phi) is 10.7. The molecule has 0 spiro atoms. The van der Waals surface area contributed by atoms with Crippen molar-refractivity contribution in [3.8, 4) is 0 Å². The van der Waals surface area contributed by atoms with E-state index in [4.69, 9.17) is 0 Å². The lowest BCUT2D eigenvalue weighted by atomic mass is 9.90. The van der Waals surface area contributed by atoms with E-state index in [1.165, 1.54) is 12.1 Å². The van der Waals surface area contributed by atoms with E-state index in [1.807, 2.05) is 46.8 Å². The number of nitrogens with one attached hydrogen (secondary N) is 2. The molecule has 1 aliphatic carbocycles. The van der Waals surface area contributed by atoms with E-state index in [2.05, 4.69) is 15.6 Å². The van der Waals surface area contributed by atoms with E-state index in [1.54, 1.807) is 12.1 Å². The Balaban J connectivity index is 0.00000109. The van der Waals surface area contributed by atoms with Crippen LogP contribution in [0.4, 0.5) is 23.2 Å². The highest BCUT2D eigenvalue weighted by molar-refractivity contribution is 5.94. The first-order valence-electron chi connectivity index (χ1n) is 12.5. The molecular weight excluding hydrogens is 470 g/mol. The second-order valence-corrected chi connectivity index (χ2v) is 8.26. The molecule has 1 aliphatic rings. The maximum atomic E-state index is 13.8. The van der Waals surface area contributed by atoms with Crippen LogP contribution < -0.4 is 10.6 Å². The number of rotatable bonds is 4. The third kappa shape index (κ3) is 7.67. The lowest BCUT2D eigenvalue weighted by Gasteiger charge is -2.31. The van der Waals surface area contributed by atoms with Crippen molar-refractivity contribution >= 4 is 22.5 Å². The molecule has 0 aliphatic heterocycles. The number of hydrogen-bond acceptors (Lipinski definition) is 3. The number of aryl methyl sites for hydroxylation is 1. The molecule has 1 fully saturated rings. The van der Waals surface area contributed by atoms with E-state index < -0.39 is 17.7 Å². The fourth-order valence-electron chi connectivity index (χ4n) is 4.11. The second-order valence-electron chi connectivity index (χ2n) is 8.26. The zero-order chi connectivity index (χ0) is 26.9. The average molecular weight is 506 g/mol. The number of hydrogen-bond donors (Lipinski definition) is 2. The Bertz CT molecular complexity index is 1130. The van der Waals surface area contributed by atoms with Crippen molar-refractivity contribution in [3.05, 3.63) is 71.2 Å². The number of nitrogens with zero attached hydrogens (tertiary/aromatic N) is 1. The molecule has 3 aromatic rings. The summed E-state index contributed by atoms with van der Waals surface area (Å²) in [4.78, 5) is 16.2. The van der Waals surface area contributed by atoms with Gasteiger partial charge < -0.3 is 10.6 Å². The zero-order valence-electron chi connectivity index (χ0n) is 21.5. The number of carbonyl (C=O) groups excluding carboxylic acids is 1. The zero-order valence-corrected chi connectivity index (χ0v) is 21.5. The highest BCUT2D eigenvalue weighted by atomic mass is 19.4. The van der Waals surface area contributed by atoms with Crippen molar-refractivity contribution in [1.29, 1.82) is 0 Å². The van der Waals surface area contributed by atoms with Gasteiger partial charge in [-0.3, -0.25) is 4.79 Å². The summed E-state index contributed by atoms with van der Waals surface area (Å²) in [6, 6.07) is 11.4. The SMILES string of the molecule is CC.CC.Cc1ccc(C(=O)NC2CCCC(Nc3cc(C(F)(F)F)nc4ccc(F)cc34)C2)cc1. The Labute approximate surface area is 210 Å². The predicted molar refractivity (Wildman–Crippen MR) is 138 cm³/mol. The molecule has 2 N–H and O–H groups in total. The van der Waals surface area contributed by atoms with E-state index in [0.717, 1.165) is 37.0 Å². The van der Waals surface area contributed by atoms with Crippen LogP contribution in [0.15, 0.2) is 48.5 Å². The van der Waals surface area contributed by atoms with Gasteiger partial charge in [0.2, 0.25) is 0 Å². The first-order chi connectivity index (χ1) is 17.2. The molecule has 1 aromatic heterocycles. The van der Waals surface area contributed by atoms with Gasteiger partial charge in [0.15, 0.2) is 0 Å². The Hall–Kier alpha value is -3.16. The van der Waals surface area contributed by atoms with Crippen LogP contribution in [0.2, 0.25) is 0 Å². The molecule has 4 rings (SSSR count). The molecule has 8 heteroatoms. The topological polar surface area (TPSA) is 54.0 Å². The quantitative estimate of drug-likeness (QED) is 0.354. The third-order valence-corrected chi connectivity index (χ3v) is 5.74. The van der Waals surface area contributed by atoms with Gasteiger partial charge in [-0.1, -0.05) is 45.4 Å². The van der Waals surface area contributed by atoms with Gasteiger partial charge in [-0.05, 0) is 69.0 Å². The summed E-state index contributed by atoms with van der Waals surface area (Å²) in [6.07, 6.45) is -1.74. The van der Waals surface area contributed by atoms with Gasteiger partial charge in [0, 0.05) is 28.7 Å². The largest absolute Gasteiger partial charge is 0.433 e. The molecule has 0 radical (unpaired) electrons. The van der Waals surface area contributed by atoms with Crippen LogP contribution in [-0.4, -0.2) is 23.0 Å². The number of benzene rings is 2. The van der Waals surface area contributed by atoms with Gasteiger partial charge in [-0.25, -0.2) is 9.37 Å². The van der Waals surface area contributed by atoms with Crippen molar-refractivity contribution in [3.63, 3.8) is 0 Å². The van der Waals surface area contributed by atoms with Crippen molar-refractivity contribution in [2.24, 2.45) is 0 Å². The molecule has 36 heavy (non-hydrogen) atoms. The fraction of sp³-hybridized carbons (Fsp3) is 0.429. The number of anilines is 1. The minimum absolute atomic E-state index is 0.0729. The van der Waals surface area contributed by atoms with E-state index in [-0.39, 0.29) is 29.2 Å². The first kappa shape index (κ1) is 29.1. The van der Waals surface area contributed by atoms with Gasteiger partial charge >= 0.3 is 6.18 Å². The first-order valence-corrected chi connectivity index (χ1v) is 12.5. The number of halogens is 4. The average Bonchev–Trinajstić information content (AvgIpc) is 2.86. The van der Waals surface area contributed by atoms with Gasteiger partial charge in [0.05, 0.1) is 5.52 Å². The smallest absolute Gasteiger partial charge is 0.382 e. The Morgan fingerprint density at radius 3 is 2.22 bits per heavy atom. The van der Waals surface area contributed by atoms with Crippen molar-refractivity contribution < 1.29 is 22.4 Å². The summed E-state index contributed by atoms with van der Waals surface area (Å²) >= 11 is 0. The summed E-state index contributed by atoms with van der Waals surface area (Å²) in [6.45, 7) is 9.94. The van der Waals surface area contributed by atoms with Crippen LogP contribution in [0.25, 0.3) is 10.9 Å². The lowest BCUT2D eigenvalue weighted by molar-refractivity contribution is -0.140. The molecule has 4 nitrogen and oxygen atoms in total. The molecule has 0 saturated heterocycles. The third-order valence-electron chi connectivity index (χ3n) is 5.74. The number of alkyl halides is 3. The van der Waals surface area contributed by atoms with E-state index in [9.17, 15) is 22.4 Å². The van der Waals surface area contributed by atoms with E-state index in [0.29, 0.717) is 17.4 Å². The van der Waals surface area contributed by atoms with Gasteiger partial charge in [0.1, 0.15) is 11.5 Å². The van der Waals surface area contributed by atoms with Gasteiger partial charge in [-0.2, -0.15) is 13.2 Å². The van der Waals surface area contributed by atoms with Crippen molar-refractivity contribution in [1.82, 2.24) is 10.3 Å². The highest BCUT2D eigenvalue weighted by Gasteiger charge is 2.34. The molecule has 2 unspecified atom stereocenters. The summed E-state index contributed by atoms with van der Waals surface area (Å²) in [5.74, 6) is -0.722. The Morgan fingerprint density at radius 2 is 1.58 bits per heavy atom. The maximum absolute atomic E-state index is 13.8.